The van der Waals surface area contributed by atoms with E-state index in [1.54, 1.807) is 39.2 Å². The average molecular weight is 430 g/mol. The van der Waals surface area contributed by atoms with E-state index >= 15 is 0 Å². The molecule has 1 aliphatic rings. The largest absolute Gasteiger partial charge is 0.328 e. The molecule has 4 aromatic heterocycles. The number of thiophene rings is 1. The van der Waals surface area contributed by atoms with Crippen LogP contribution >= 0.6 is 27.3 Å². The summed E-state index contributed by atoms with van der Waals surface area (Å²) in [5.74, 6) is 1.53. The van der Waals surface area contributed by atoms with Crippen LogP contribution in [0.1, 0.15) is 16.3 Å². The van der Waals surface area contributed by atoms with Gasteiger partial charge in [0.2, 0.25) is 0 Å². The Kier molecular flexibility index (Phi) is 3.61. The molecule has 0 aromatic carbocycles. The van der Waals surface area contributed by atoms with Gasteiger partial charge in [-0.25, -0.2) is 9.50 Å². The maximum atomic E-state index is 12.9. The molecule has 0 atom stereocenters. The average Bonchev–Trinajstić information content (AvgIpc) is 3.38. The van der Waals surface area contributed by atoms with Gasteiger partial charge >= 0.3 is 0 Å². The van der Waals surface area contributed by atoms with Gasteiger partial charge in [-0.3, -0.25) is 4.79 Å². The summed E-state index contributed by atoms with van der Waals surface area (Å²) in [4.78, 5) is 19.9. The molecule has 130 valence electrons. The van der Waals surface area contributed by atoms with Crippen molar-refractivity contribution in [3.8, 4) is 10.7 Å². The minimum Gasteiger partial charge on any atom is -0.328 e. The Balaban J connectivity index is 1.42. The van der Waals surface area contributed by atoms with Gasteiger partial charge in [0.05, 0.1) is 15.9 Å². The van der Waals surface area contributed by atoms with Gasteiger partial charge in [-0.15, -0.1) is 21.5 Å². The van der Waals surface area contributed by atoms with Crippen molar-refractivity contribution in [1.29, 1.82) is 0 Å². The first-order valence-electron chi connectivity index (χ1n) is 7.95. The molecule has 0 aliphatic carbocycles. The quantitative estimate of drug-likeness (QED) is 0.488. The molecule has 0 fully saturated rings. The van der Waals surface area contributed by atoms with E-state index < -0.39 is 0 Å². The Morgan fingerprint density at radius 1 is 1.27 bits per heavy atom. The molecule has 1 aliphatic heterocycles. The molecule has 0 saturated carbocycles. The topological polar surface area (TPSA) is 81.2 Å². The number of carbonyl (C=O) groups excluding carboxylic acids is 1. The molecule has 1 amide bonds. The first-order valence-corrected chi connectivity index (χ1v) is 9.62. The van der Waals surface area contributed by atoms with Crippen molar-refractivity contribution >= 4 is 38.8 Å². The van der Waals surface area contributed by atoms with Crippen LogP contribution in [0.2, 0.25) is 0 Å². The zero-order valence-corrected chi connectivity index (χ0v) is 15.8. The second kappa shape index (κ2) is 5.99. The molecule has 10 heteroatoms. The van der Waals surface area contributed by atoms with Gasteiger partial charge in [0.15, 0.2) is 23.0 Å². The molecule has 0 radical (unpaired) electrons. The molecule has 26 heavy (non-hydrogen) atoms. The predicted molar refractivity (Wildman–Crippen MR) is 98.8 cm³/mol. The predicted octanol–water partition coefficient (Wildman–Crippen LogP) is 2.47. The molecule has 8 nitrogen and oxygen atoms in total. The Labute approximate surface area is 160 Å². The summed E-state index contributed by atoms with van der Waals surface area (Å²) in [7, 11) is 0. The van der Waals surface area contributed by atoms with Crippen LogP contribution in [-0.2, 0) is 13.1 Å². The minimum atomic E-state index is -0.126. The van der Waals surface area contributed by atoms with Crippen molar-refractivity contribution in [2.45, 2.75) is 13.1 Å². The second-order valence-corrected chi connectivity index (χ2v) is 7.76. The lowest BCUT2D eigenvalue weighted by molar-refractivity contribution is 0.0701. The smallest absolute Gasteiger partial charge is 0.274 e. The van der Waals surface area contributed by atoms with Crippen LogP contribution in [0.25, 0.3) is 16.3 Å². The molecule has 0 spiro atoms. The molecule has 5 rings (SSSR count). The minimum absolute atomic E-state index is 0.126. The summed E-state index contributed by atoms with van der Waals surface area (Å²) in [5.41, 5.74) is 1.01. The third-order valence-electron chi connectivity index (χ3n) is 4.28. The van der Waals surface area contributed by atoms with Gasteiger partial charge in [0, 0.05) is 31.5 Å². The van der Waals surface area contributed by atoms with E-state index in [2.05, 4.69) is 40.8 Å². The fraction of sp³-hybridized carbons (Fsp3) is 0.188. The van der Waals surface area contributed by atoms with Gasteiger partial charge in [0.1, 0.15) is 0 Å². The molecular weight excluding hydrogens is 418 g/mol. The van der Waals surface area contributed by atoms with E-state index in [0.717, 1.165) is 21.0 Å². The summed E-state index contributed by atoms with van der Waals surface area (Å²) in [5, 5.41) is 14.9. The highest BCUT2D eigenvalue weighted by Gasteiger charge is 2.27. The van der Waals surface area contributed by atoms with E-state index in [4.69, 9.17) is 0 Å². The third-order valence-corrected chi connectivity index (χ3v) is 5.56. The summed E-state index contributed by atoms with van der Waals surface area (Å²) < 4.78 is 4.48. The summed E-state index contributed by atoms with van der Waals surface area (Å²) >= 11 is 4.99. The lowest BCUT2D eigenvalue weighted by atomic mass is 10.3. The number of rotatable bonds is 2. The molecule has 0 bridgehead atoms. The normalized spacial score (nSPS) is 14.0. The van der Waals surface area contributed by atoms with Crippen LogP contribution in [0.4, 0.5) is 0 Å². The highest BCUT2D eigenvalue weighted by Crippen LogP contribution is 2.26. The van der Waals surface area contributed by atoms with Crippen molar-refractivity contribution < 1.29 is 4.79 Å². The fourth-order valence-corrected chi connectivity index (χ4v) is 4.05. The monoisotopic (exact) mass is 429 g/mol. The number of fused-ring (bicyclic) bond motifs is 2. The number of carbonyl (C=O) groups is 1. The van der Waals surface area contributed by atoms with Gasteiger partial charge < -0.3 is 9.47 Å². The zero-order chi connectivity index (χ0) is 17.7. The van der Waals surface area contributed by atoms with Crippen molar-refractivity contribution in [3.05, 3.63) is 52.0 Å². The molecule has 0 saturated heterocycles. The van der Waals surface area contributed by atoms with E-state index in [1.807, 2.05) is 17.5 Å². The molecule has 0 unspecified atom stereocenters. The van der Waals surface area contributed by atoms with Crippen molar-refractivity contribution in [2.24, 2.45) is 0 Å². The molecule has 0 N–H and O–H groups in total. The highest BCUT2D eigenvalue weighted by molar-refractivity contribution is 9.10. The van der Waals surface area contributed by atoms with Crippen molar-refractivity contribution in [3.63, 3.8) is 0 Å². The number of hydrogen-bond donors (Lipinski definition) is 0. The standard InChI is InChI=1S/C16H12BrN7OS/c17-10-7-18-13-6-11(21-24(13)8-10)16(25)22-3-4-23-14(9-22)19-20-15(23)12-2-1-5-26-12/h1-2,5-8H,3-4,9H2. The lowest BCUT2D eigenvalue weighted by Crippen LogP contribution is -2.38. The maximum absolute atomic E-state index is 12.9. The van der Waals surface area contributed by atoms with Crippen molar-refractivity contribution in [2.75, 3.05) is 6.54 Å². The van der Waals surface area contributed by atoms with Crippen molar-refractivity contribution in [1.82, 2.24) is 34.3 Å². The van der Waals surface area contributed by atoms with Gasteiger partial charge in [-0.2, -0.15) is 5.10 Å². The van der Waals surface area contributed by atoms with Crippen LogP contribution in [0.15, 0.2) is 40.4 Å². The van der Waals surface area contributed by atoms with E-state index in [1.165, 1.54) is 0 Å². The van der Waals surface area contributed by atoms with E-state index in [0.29, 0.717) is 31.0 Å². The van der Waals surface area contributed by atoms with Gasteiger partial charge in [-0.05, 0) is 27.4 Å². The van der Waals surface area contributed by atoms with Crippen LogP contribution in [-0.4, -0.2) is 46.7 Å². The number of nitrogens with zero attached hydrogens (tertiary/aromatic N) is 7. The van der Waals surface area contributed by atoms with E-state index in [9.17, 15) is 4.79 Å². The lowest BCUT2D eigenvalue weighted by Gasteiger charge is -2.27. The molecular formula is C16H12BrN7OS. The van der Waals surface area contributed by atoms with E-state index in [-0.39, 0.29) is 5.91 Å². The second-order valence-electron chi connectivity index (χ2n) is 5.90. The summed E-state index contributed by atoms with van der Waals surface area (Å²) in [6.07, 6.45) is 3.46. The molecule has 5 heterocycles. The SMILES string of the molecule is O=C(c1cc2ncc(Br)cn2n1)N1CCn2c(nnc2-c2cccs2)C1. The number of aromatic nitrogens is 6. The Morgan fingerprint density at radius 3 is 3.04 bits per heavy atom. The summed E-state index contributed by atoms with van der Waals surface area (Å²) in [6.45, 7) is 1.67. The van der Waals surface area contributed by atoms with Crippen LogP contribution in [0.5, 0.6) is 0 Å². The van der Waals surface area contributed by atoms with Crippen LogP contribution in [0.3, 0.4) is 0 Å². The number of amides is 1. The zero-order valence-electron chi connectivity index (χ0n) is 13.4. The fourth-order valence-electron chi connectivity index (χ4n) is 3.04. The van der Waals surface area contributed by atoms with Gasteiger partial charge in [-0.1, -0.05) is 6.07 Å². The highest BCUT2D eigenvalue weighted by atomic mass is 79.9. The Hall–Kier alpha value is -2.59. The van der Waals surface area contributed by atoms with Crippen LogP contribution in [0, 0.1) is 0 Å². The van der Waals surface area contributed by atoms with Gasteiger partial charge in [0.25, 0.3) is 5.91 Å². The number of hydrogen-bond acceptors (Lipinski definition) is 6. The number of halogens is 1. The maximum Gasteiger partial charge on any atom is 0.274 e. The van der Waals surface area contributed by atoms with Crippen LogP contribution < -0.4 is 0 Å². The first kappa shape index (κ1) is 15.6. The Bertz CT molecular complexity index is 1120. The first-order chi connectivity index (χ1) is 12.7. The summed E-state index contributed by atoms with van der Waals surface area (Å²) in [6, 6.07) is 5.72. The third kappa shape index (κ3) is 2.53. The molecule has 4 aromatic rings. The Morgan fingerprint density at radius 2 is 2.19 bits per heavy atom.